The van der Waals surface area contributed by atoms with E-state index in [0.29, 0.717) is 10.0 Å². The molecule has 2 heterocycles. The van der Waals surface area contributed by atoms with Crippen molar-refractivity contribution in [3.8, 4) is 5.75 Å². The van der Waals surface area contributed by atoms with E-state index in [1.165, 1.54) is 0 Å². The Labute approximate surface area is 165 Å². The van der Waals surface area contributed by atoms with E-state index in [4.69, 9.17) is 33.0 Å². The van der Waals surface area contributed by atoms with E-state index in [0.717, 1.165) is 46.3 Å². The Bertz CT molecular complexity index is 838. The molecule has 0 fully saturated rings. The maximum absolute atomic E-state index is 6.40. The van der Waals surface area contributed by atoms with Gasteiger partial charge < -0.3 is 4.74 Å². The van der Waals surface area contributed by atoms with Crippen molar-refractivity contribution in [2.24, 2.45) is 5.10 Å². The molecule has 0 saturated carbocycles. The van der Waals surface area contributed by atoms with E-state index >= 15 is 0 Å². The normalized spacial score (nSPS) is 21.4. The summed E-state index contributed by atoms with van der Waals surface area (Å²) in [4.78, 5) is 0. The average molecular weight is 440 g/mol. The van der Waals surface area contributed by atoms with Gasteiger partial charge in [0.05, 0.1) is 16.8 Å². The van der Waals surface area contributed by atoms with Crippen molar-refractivity contribution in [1.29, 1.82) is 0 Å². The van der Waals surface area contributed by atoms with Gasteiger partial charge in [-0.3, -0.25) is 5.01 Å². The molecular formula is C19H17BrCl2N2O. The van der Waals surface area contributed by atoms with Crippen LogP contribution in [0, 0.1) is 0 Å². The van der Waals surface area contributed by atoms with Crippen LogP contribution >= 0.6 is 39.1 Å². The third-order valence-corrected chi connectivity index (χ3v) is 5.63. The van der Waals surface area contributed by atoms with E-state index in [1.807, 2.05) is 18.2 Å². The topological polar surface area (TPSA) is 24.8 Å². The van der Waals surface area contributed by atoms with Crippen LogP contribution in [0.15, 0.2) is 46.0 Å². The molecule has 3 nitrogen and oxygen atoms in total. The molecule has 2 atom stereocenters. The summed E-state index contributed by atoms with van der Waals surface area (Å²) in [6.07, 6.45) is 2.62. The summed E-state index contributed by atoms with van der Waals surface area (Å²) in [5.74, 6) is 0.748. The highest BCUT2D eigenvalue weighted by atomic mass is 79.9. The minimum absolute atomic E-state index is 0.103. The zero-order chi connectivity index (χ0) is 17.6. The predicted octanol–water partition coefficient (Wildman–Crippen LogP) is 6.43. The van der Waals surface area contributed by atoms with E-state index in [1.54, 1.807) is 6.07 Å². The smallest absolute Gasteiger partial charge is 0.187 e. The van der Waals surface area contributed by atoms with Crippen molar-refractivity contribution < 1.29 is 4.74 Å². The molecule has 2 aromatic carbocycles. The Morgan fingerprint density at radius 2 is 2.00 bits per heavy atom. The van der Waals surface area contributed by atoms with Crippen molar-refractivity contribution >= 4 is 44.8 Å². The number of hydrazone groups is 1. The number of hydrogen-bond acceptors (Lipinski definition) is 3. The highest BCUT2D eigenvalue weighted by Gasteiger charge is 2.40. The molecule has 4 rings (SSSR count). The van der Waals surface area contributed by atoms with Crippen LogP contribution in [0.3, 0.4) is 0 Å². The van der Waals surface area contributed by atoms with Gasteiger partial charge in [-0.05, 0) is 29.8 Å². The van der Waals surface area contributed by atoms with Crippen LogP contribution in [0.4, 0.5) is 0 Å². The fraction of sp³-hybridized carbons (Fsp3) is 0.316. The lowest BCUT2D eigenvalue weighted by Crippen LogP contribution is -2.40. The summed E-state index contributed by atoms with van der Waals surface area (Å²) in [7, 11) is 0. The van der Waals surface area contributed by atoms with Gasteiger partial charge in [-0.15, -0.1) is 0 Å². The molecule has 0 N–H and O–H groups in total. The Hall–Kier alpha value is -1.23. The standard InChI is InChI=1S/C19H17BrCl2N2O/c1-2-3-18-24-17(14-8-13(21)9-15(22)19(14)25-18)10-16(23-24)11-4-6-12(20)7-5-11/h4-9,17-18H,2-3,10H2,1H3/t17-,18+/m0/s1. The van der Waals surface area contributed by atoms with Gasteiger partial charge in [-0.2, -0.15) is 5.10 Å². The third-order valence-electron chi connectivity index (χ3n) is 4.60. The maximum atomic E-state index is 6.40. The molecule has 25 heavy (non-hydrogen) atoms. The van der Waals surface area contributed by atoms with Crippen molar-refractivity contribution in [3.05, 3.63) is 62.0 Å². The Kier molecular flexibility index (Phi) is 4.69. The number of rotatable bonds is 3. The number of nitrogens with zero attached hydrogens (tertiary/aromatic N) is 2. The maximum Gasteiger partial charge on any atom is 0.187 e. The third kappa shape index (κ3) is 3.16. The van der Waals surface area contributed by atoms with Gasteiger partial charge in [-0.1, -0.05) is 64.6 Å². The lowest BCUT2D eigenvalue weighted by atomic mass is 9.96. The van der Waals surface area contributed by atoms with Gasteiger partial charge in [0.2, 0.25) is 0 Å². The van der Waals surface area contributed by atoms with Crippen LogP contribution in [0.1, 0.15) is 43.4 Å². The quantitative estimate of drug-likeness (QED) is 0.550. The van der Waals surface area contributed by atoms with E-state index < -0.39 is 0 Å². The molecule has 0 radical (unpaired) electrons. The van der Waals surface area contributed by atoms with Crippen LogP contribution in [0.2, 0.25) is 10.0 Å². The summed E-state index contributed by atoms with van der Waals surface area (Å²) in [5, 5.41) is 8.16. The Morgan fingerprint density at radius 3 is 2.72 bits per heavy atom. The van der Waals surface area contributed by atoms with Gasteiger partial charge in [0.15, 0.2) is 6.23 Å². The summed E-state index contributed by atoms with van der Waals surface area (Å²) in [6, 6.07) is 12.0. The zero-order valence-electron chi connectivity index (χ0n) is 13.7. The first-order valence-corrected chi connectivity index (χ1v) is 9.89. The fourth-order valence-electron chi connectivity index (χ4n) is 3.44. The number of ether oxygens (including phenoxy) is 1. The predicted molar refractivity (Wildman–Crippen MR) is 106 cm³/mol. The molecule has 6 heteroatoms. The molecule has 2 aliphatic heterocycles. The van der Waals surface area contributed by atoms with Gasteiger partial charge in [0, 0.05) is 27.9 Å². The highest BCUT2D eigenvalue weighted by molar-refractivity contribution is 9.10. The van der Waals surface area contributed by atoms with Gasteiger partial charge in [-0.25, -0.2) is 0 Å². The number of hydrogen-bond donors (Lipinski definition) is 0. The lowest BCUT2D eigenvalue weighted by Gasteiger charge is -2.38. The van der Waals surface area contributed by atoms with Crippen LogP contribution in [0.25, 0.3) is 0 Å². The summed E-state index contributed by atoms with van der Waals surface area (Å²) in [6.45, 7) is 2.15. The highest BCUT2D eigenvalue weighted by Crippen LogP contribution is 2.47. The molecule has 2 aromatic rings. The first-order chi connectivity index (χ1) is 12.1. The molecule has 130 valence electrons. The minimum atomic E-state index is -0.103. The summed E-state index contributed by atoms with van der Waals surface area (Å²) < 4.78 is 7.26. The first-order valence-electron chi connectivity index (χ1n) is 8.34. The molecule has 0 bridgehead atoms. The molecular weight excluding hydrogens is 423 g/mol. The van der Waals surface area contributed by atoms with Crippen LogP contribution in [-0.2, 0) is 0 Å². The van der Waals surface area contributed by atoms with Crippen LogP contribution in [0.5, 0.6) is 5.75 Å². The van der Waals surface area contributed by atoms with Gasteiger partial charge in [0.1, 0.15) is 5.75 Å². The second-order valence-corrected chi connectivity index (χ2v) is 8.08. The second kappa shape index (κ2) is 6.82. The van der Waals surface area contributed by atoms with Crippen molar-refractivity contribution in [1.82, 2.24) is 5.01 Å². The second-order valence-electron chi connectivity index (χ2n) is 6.32. The van der Waals surface area contributed by atoms with Gasteiger partial charge in [0.25, 0.3) is 0 Å². The van der Waals surface area contributed by atoms with Crippen molar-refractivity contribution in [2.75, 3.05) is 0 Å². The van der Waals surface area contributed by atoms with Crippen LogP contribution in [-0.4, -0.2) is 16.9 Å². The van der Waals surface area contributed by atoms with Gasteiger partial charge >= 0.3 is 0 Å². The number of fused-ring (bicyclic) bond motifs is 3. The number of halogens is 3. The van der Waals surface area contributed by atoms with Crippen molar-refractivity contribution in [2.45, 2.75) is 38.5 Å². The minimum Gasteiger partial charge on any atom is -0.467 e. The Morgan fingerprint density at radius 1 is 1.24 bits per heavy atom. The molecule has 0 saturated heterocycles. The SMILES string of the molecule is CCC[C@H]1Oc2c(Cl)cc(Cl)cc2[C@@H]2CC(c3ccc(Br)cc3)=NN12. The van der Waals surface area contributed by atoms with Crippen LogP contribution < -0.4 is 4.74 Å². The molecule has 0 amide bonds. The molecule has 2 aliphatic rings. The van der Waals surface area contributed by atoms with Crippen molar-refractivity contribution in [3.63, 3.8) is 0 Å². The molecule has 0 unspecified atom stereocenters. The Balaban J connectivity index is 1.75. The summed E-state index contributed by atoms with van der Waals surface area (Å²) >= 11 is 16.1. The molecule has 0 aromatic heterocycles. The zero-order valence-corrected chi connectivity index (χ0v) is 16.8. The fourth-order valence-corrected chi connectivity index (χ4v) is 4.26. The largest absolute Gasteiger partial charge is 0.467 e. The monoisotopic (exact) mass is 438 g/mol. The molecule has 0 spiro atoms. The molecule has 0 aliphatic carbocycles. The average Bonchev–Trinajstić information content (AvgIpc) is 3.02. The van der Waals surface area contributed by atoms with E-state index in [9.17, 15) is 0 Å². The first kappa shape index (κ1) is 17.2. The van der Waals surface area contributed by atoms with E-state index in [2.05, 4.69) is 40.0 Å². The number of benzene rings is 2. The summed E-state index contributed by atoms with van der Waals surface area (Å²) in [5.41, 5.74) is 3.20. The lowest BCUT2D eigenvalue weighted by molar-refractivity contribution is -0.0222. The van der Waals surface area contributed by atoms with E-state index in [-0.39, 0.29) is 12.3 Å².